The molecule has 0 saturated heterocycles. The topological polar surface area (TPSA) is 73.2 Å². The lowest BCUT2D eigenvalue weighted by atomic mass is 10.0. The molecule has 6 nitrogen and oxygen atoms in total. The number of methoxy groups -OCH3 is 1. The fourth-order valence-electron chi connectivity index (χ4n) is 3.37. The fraction of sp³-hybridized carbons (Fsp3) is 0.500. The Labute approximate surface area is 177 Å². The molecule has 0 aliphatic rings. The summed E-state index contributed by atoms with van der Waals surface area (Å²) < 4.78 is 6.79. The van der Waals surface area contributed by atoms with E-state index in [9.17, 15) is 9.59 Å². The lowest BCUT2D eigenvalue weighted by Gasteiger charge is -2.19. The van der Waals surface area contributed by atoms with Crippen molar-refractivity contribution in [1.29, 1.82) is 0 Å². The highest BCUT2D eigenvalue weighted by molar-refractivity contribution is 6.31. The quantitative estimate of drug-likeness (QED) is 0.619. The van der Waals surface area contributed by atoms with Crippen LogP contribution in [0.4, 0.5) is 0 Å². The van der Waals surface area contributed by atoms with Crippen molar-refractivity contribution in [3.63, 3.8) is 0 Å². The number of nitrogens with one attached hydrogen (secondary N) is 1. The van der Waals surface area contributed by atoms with Crippen molar-refractivity contribution in [2.45, 2.75) is 59.5 Å². The summed E-state index contributed by atoms with van der Waals surface area (Å²) in [4.78, 5) is 24.5. The number of rotatable bonds is 9. The van der Waals surface area contributed by atoms with Gasteiger partial charge in [-0.15, -0.1) is 0 Å². The second-order valence-corrected chi connectivity index (χ2v) is 8.05. The van der Waals surface area contributed by atoms with Gasteiger partial charge in [0.2, 0.25) is 5.91 Å². The summed E-state index contributed by atoms with van der Waals surface area (Å²) in [6.45, 7) is 9.17. The Morgan fingerprint density at radius 2 is 1.93 bits per heavy atom. The zero-order chi connectivity index (χ0) is 21.6. The van der Waals surface area contributed by atoms with E-state index in [1.807, 2.05) is 30.7 Å². The molecule has 0 fully saturated rings. The molecule has 0 saturated carbocycles. The molecule has 2 rings (SSSR count). The Balaban J connectivity index is 2.08. The second kappa shape index (κ2) is 10.4. The first-order chi connectivity index (χ1) is 13.7. The van der Waals surface area contributed by atoms with Crippen LogP contribution in [0.1, 0.15) is 55.2 Å². The molecule has 1 N–H and O–H groups in total. The number of benzene rings is 1. The van der Waals surface area contributed by atoms with Crippen LogP contribution in [0.3, 0.4) is 0 Å². The third-order valence-corrected chi connectivity index (χ3v) is 5.23. The Kier molecular flexibility index (Phi) is 8.26. The molecule has 1 aromatic heterocycles. The summed E-state index contributed by atoms with van der Waals surface area (Å²) >= 11 is 6.27. The first-order valence-corrected chi connectivity index (χ1v) is 10.2. The van der Waals surface area contributed by atoms with E-state index in [1.165, 1.54) is 7.11 Å². The molecule has 2 aromatic rings. The van der Waals surface area contributed by atoms with Gasteiger partial charge in [-0.05, 0) is 43.4 Å². The first-order valence-electron chi connectivity index (χ1n) is 9.86. The maximum atomic E-state index is 12.7. The molecular formula is C22H30ClN3O3. The van der Waals surface area contributed by atoms with Gasteiger partial charge in [0.05, 0.1) is 25.3 Å². The van der Waals surface area contributed by atoms with Gasteiger partial charge in [-0.25, -0.2) is 0 Å². The van der Waals surface area contributed by atoms with E-state index in [0.717, 1.165) is 23.5 Å². The monoisotopic (exact) mass is 419 g/mol. The van der Waals surface area contributed by atoms with Crippen molar-refractivity contribution < 1.29 is 14.3 Å². The molecule has 0 bridgehead atoms. The van der Waals surface area contributed by atoms with Crippen LogP contribution in [0, 0.1) is 19.8 Å². The summed E-state index contributed by atoms with van der Waals surface area (Å²) in [6, 6.07) is 6.65. The van der Waals surface area contributed by atoms with Crippen LogP contribution in [-0.4, -0.2) is 28.8 Å². The van der Waals surface area contributed by atoms with Crippen molar-refractivity contribution in [1.82, 2.24) is 15.1 Å². The van der Waals surface area contributed by atoms with Gasteiger partial charge in [-0.2, -0.15) is 5.10 Å². The number of carbonyl (C=O) groups excluding carboxylic acids is 2. The Hall–Kier alpha value is -2.34. The molecule has 0 aliphatic heterocycles. The van der Waals surface area contributed by atoms with Crippen LogP contribution >= 0.6 is 11.6 Å². The van der Waals surface area contributed by atoms with Gasteiger partial charge in [-0.3, -0.25) is 14.3 Å². The number of halogens is 1. The van der Waals surface area contributed by atoms with Gasteiger partial charge < -0.3 is 10.1 Å². The highest BCUT2D eigenvalue weighted by Crippen LogP contribution is 2.26. The highest BCUT2D eigenvalue weighted by Gasteiger charge is 2.21. The number of hydrogen-bond acceptors (Lipinski definition) is 4. The predicted molar refractivity (Wildman–Crippen MR) is 114 cm³/mol. The number of aromatic nitrogens is 2. The van der Waals surface area contributed by atoms with Gasteiger partial charge in [0.1, 0.15) is 0 Å². The Morgan fingerprint density at radius 1 is 1.24 bits per heavy atom. The number of amides is 1. The summed E-state index contributed by atoms with van der Waals surface area (Å²) in [5.74, 6) is -0.0510. The maximum Gasteiger partial charge on any atom is 0.307 e. The SMILES string of the molecule is COC(=O)CC(NC(=O)CCc1c(C)nn(CC(C)C)c1C)c1ccccc1Cl. The average Bonchev–Trinajstić information content (AvgIpc) is 2.92. The van der Waals surface area contributed by atoms with Gasteiger partial charge in [0, 0.05) is 23.7 Å². The molecule has 158 valence electrons. The lowest BCUT2D eigenvalue weighted by Crippen LogP contribution is -2.31. The third-order valence-electron chi connectivity index (χ3n) is 4.89. The normalized spacial score (nSPS) is 12.1. The van der Waals surface area contributed by atoms with Crippen LogP contribution in [0.15, 0.2) is 24.3 Å². The summed E-state index contributed by atoms with van der Waals surface area (Å²) in [7, 11) is 1.33. The zero-order valence-electron chi connectivity index (χ0n) is 17.8. The predicted octanol–water partition coefficient (Wildman–Crippen LogP) is 4.16. The summed E-state index contributed by atoms with van der Waals surface area (Å²) in [6.07, 6.45) is 0.919. The lowest BCUT2D eigenvalue weighted by molar-refractivity contribution is -0.141. The van der Waals surface area contributed by atoms with E-state index >= 15 is 0 Å². The van der Waals surface area contributed by atoms with E-state index in [-0.39, 0.29) is 12.3 Å². The molecular weight excluding hydrogens is 390 g/mol. The zero-order valence-corrected chi connectivity index (χ0v) is 18.5. The minimum atomic E-state index is -0.533. The number of aryl methyl sites for hydroxylation is 1. The minimum absolute atomic E-state index is 0.0242. The van der Waals surface area contributed by atoms with E-state index in [2.05, 4.69) is 24.3 Å². The van der Waals surface area contributed by atoms with Crippen molar-refractivity contribution in [2.24, 2.45) is 5.92 Å². The maximum absolute atomic E-state index is 12.7. The third kappa shape index (κ3) is 6.32. The minimum Gasteiger partial charge on any atom is -0.469 e. The number of ether oxygens (including phenoxy) is 1. The van der Waals surface area contributed by atoms with E-state index in [4.69, 9.17) is 16.3 Å². The largest absolute Gasteiger partial charge is 0.469 e. The van der Waals surface area contributed by atoms with Crippen molar-refractivity contribution in [3.05, 3.63) is 51.8 Å². The molecule has 29 heavy (non-hydrogen) atoms. The summed E-state index contributed by atoms with van der Waals surface area (Å²) in [5.41, 5.74) is 3.85. The molecule has 1 aromatic carbocycles. The average molecular weight is 420 g/mol. The van der Waals surface area contributed by atoms with E-state index < -0.39 is 12.0 Å². The smallest absolute Gasteiger partial charge is 0.307 e. The van der Waals surface area contributed by atoms with Crippen LogP contribution < -0.4 is 5.32 Å². The standard InChI is InChI=1S/C22H30ClN3O3/c1-14(2)13-26-16(4)17(15(3)25-26)10-11-21(27)24-20(12-22(28)29-5)18-8-6-7-9-19(18)23/h6-9,14,20H,10-13H2,1-5H3,(H,24,27). The number of hydrogen-bond donors (Lipinski definition) is 1. The first kappa shape index (κ1) is 22.9. The van der Waals surface area contributed by atoms with Gasteiger partial charge in [-0.1, -0.05) is 43.6 Å². The van der Waals surface area contributed by atoms with E-state index in [0.29, 0.717) is 29.3 Å². The van der Waals surface area contributed by atoms with Crippen LogP contribution in [-0.2, 0) is 27.3 Å². The van der Waals surface area contributed by atoms with Crippen LogP contribution in [0.25, 0.3) is 0 Å². The molecule has 1 unspecified atom stereocenters. The van der Waals surface area contributed by atoms with E-state index in [1.54, 1.807) is 12.1 Å². The Bertz CT molecular complexity index is 861. The molecule has 0 aliphatic carbocycles. The molecule has 1 atom stereocenters. The Morgan fingerprint density at radius 3 is 2.55 bits per heavy atom. The highest BCUT2D eigenvalue weighted by atomic mass is 35.5. The molecule has 0 spiro atoms. The van der Waals surface area contributed by atoms with Crippen LogP contribution in [0.5, 0.6) is 0 Å². The van der Waals surface area contributed by atoms with Gasteiger partial charge in [0.15, 0.2) is 0 Å². The molecule has 7 heteroatoms. The molecule has 0 radical (unpaired) electrons. The number of esters is 1. The van der Waals surface area contributed by atoms with Crippen molar-refractivity contribution >= 4 is 23.5 Å². The van der Waals surface area contributed by atoms with Crippen molar-refractivity contribution in [3.8, 4) is 0 Å². The van der Waals surface area contributed by atoms with Crippen molar-refractivity contribution in [2.75, 3.05) is 7.11 Å². The second-order valence-electron chi connectivity index (χ2n) is 7.65. The van der Waals surface area contributed by atoms with Gasteiger partial charge in [0.25, 0.3) is 0 Å². The summed E-state index contributed by atoms with van der Waals surface area (Å²) in [5, 5.41) is 8.04. The van der Waals surface area contributed by atoms with Crippen LogP contribution in [0.2, 0.25) is 5.02 Å². The number of carbonyl (C=O) groups is 2. The molecule has 1 amide bonds. The number of nitrogens with zero attached hydrogens (tertiary/aromatic N) is 2. The fourth-order valence-corrected chi connectivity index (χ4v) is 3.64. The molecule has 1 heterocycles. The van der Waals surface area contributed by atoms with Gasteiger partial charge >= 0.3 is 5.97 Å².